The van der Waals surface area contributed by atoms with Gasteiger partial charge in [0.15, 0.2) is 0 Å². The number of hydrogen-bond donors (Lipinski definition) is 4. The zero-order chi connectivity index (χ0) is 15.0. The molecule has 5 N–H and O–H groups in total. The van der Waals surface area contributed by atoms with Crippen molar-refractivity contribution in [3.05, 3.63) is 0 Å². The summed E-state index contributed by atoms with van der Waals surface area (Å²) in [5.74, 6) is 5.81. The molecule has 1 aromatic rings. The molecule has 0 aliphatic rings. The quantitative estimate of drug-likeness (QED) is 0.359. The molecule has 1 rings (SSSR count). The van der Waals surface area contributed by atoms with Gasteiger partial charge in [-0.3, -0.25) is 5.43 Å². The van der Waals surface area contributed by atoms with Crippen molar-refractivity contribution in [3.8, 4) is 6.01 Å². The van der Waals surface area contributed by atoms with Crippen LogP contribution in [0, 0.1) is 0 Å². The first-order valence-corrected chi connectivity index (χ1v) is 6.34. The average molecular weight is 286 g/mol. The van der Waals surface area contributed by atoms with E-state index in [1.807, 2.05) is 13.8 Å². The molecule has 1 heterocycles. The van der Waals surface area contributed by atoms with E-state index in [0.29, 0.717) is 19.0 Å². The maximum Gasteiger partial charge on any atom is 0.323 e. The number of nitrogen functional groups attached to an aromatic ring is 1. The van der Waals surface area contributed by atoms with Crippen molar-refractivity contribution in [1.29, 1.82) is 0 Å². The van der Waals surface area contributed by atoms with E-state index < -0.39 is 0 Å². The number of nitrogens with zero attached hydrogens (tertiary/aromatic N) is 3. The monoisotopic (exact) mass is 286 g/mol. The second-order valence-corrected chi connectivity index (χ2v) is 4.39. The Hall–Kier alpha value is -1.71. The zero-order valence-electron chi connectivity index (χ0n) is 12.0. The summed E-state index contributed by atoms with van der Waals surface area (Å²) in [6.07, 6.45) is 0.439. The topological polar surface area (TPSA) is 127 Å². The maximum atomic E-state index is 9.01. The highest BCUT2D eigenvalue weighted by Gasteiger charge is 2.13. The van der Waals surface area contributed by atoms with Gasteiger partial charge < -0.3 is 19.9 Å². The first-order valence-electron chi connectivity index (χ1n) is 6.34. The van der Waals surface area contributed by atoms with Crippen molar-refractivity contribution in [1.82, 2.24) is 15.0 Å². The summed E-state index contributed by atoms with van der Waals surface area (Å²) in [5, 5.41) is 12.1. The van der Waals surface area contributed by atoms with E-state index >= 15 is 0 Å². The van der Waals surface area contributed by atoms with E-state index in [-0.39, 0.29) is 30.7 Å². The minimum absolute atomic E-state index is 0.0312. The van der Waals surface area contributed by atoms with Gasteiger partial charge in [0, 0.05) is 13.7 Å². The molecular weight excluding hydrogens is 264 g/mol. The Kier molecular flexibility index (Phi) is 6.91. The van der Waals surface area contributed by atoms with Crippen LogP contribution in [0.25, 0.3) is 0 Å². The van der Waals surface area contributed by atoms with E-state index in [0.717, 1.165) is 0 Å². The van der Waals surface area contributed by atoms with Crippen LogP contribution in [0.5, 0.6) is 6.01 Å². The Labute approximate surface area is 117 Å². The zero-order valence-corrected chi connectivity index (χ0v) is 12.0. The third-order valence-corrected chi connectivity index (χ3v) is 2.26. The number of aliphatic hydroxyl groups excluding tert-OH is 1. The smallest absolute Gasteiger partial charge is 0.323 e. The molecule has 0 spiro atoms. The van der Waals surface area contributed by atoms with Gasteiger partial charge in [-0.25, -0.2) is 5.84 Å². The van der Waals surface area contributed by atoms with Crippen molar-refractivity contribution < 1.29 is 14.6 Å². The number of hydrazine groups is 1. The SMILES string of the molecule is COCC(CCO)Nc1nc(NN)nc(OC(C)C)n1. The fourth-order valence-electron chi connectivity index (χ4n) is 1.49. The summed E-state index contributed by atoms with van der Waals surface area (Å²) in [6.45, 7) is 4.18. The molecule has 20 heavy (non-hydrogen) atoms. The third-order valence-electron chi connectivity index (χ3n) is 2.26. The molecule has 114 valence electrons. The van der Waals surface area contributed by atoms with Crippen molar-refractivity contribution in [3.63, 3.8) is 0 Å². The highest BCUT2D eigenvalue weighted by molar-refractivity contribution is 5.35. The van der Waals surface area contributed by atoms with E-state index in [9.17, 15) is 0 Å². The van der Waals surface area contributed by atoms with Gasteiger partial charge in [0.25, 0.3) is 0 Å². The minimum atomic E-state index is -0.120. The van der Waals surface area contributed by atoms with Gasteiger partial charge in [-0.1, -0.05) is 0 Å². The van der Waals surface area contributed by atoms with Gasteiger partial charge in [0.1, 0.15) is 0 Å². The van der Waals surface area contributed by atoms with Crippen LogP contribution in [0.15, 0.2) is 0 Å². The summed E-state index contributed by atoms with van der Waals surface area (Å²) in [4.78, 5) is 12.2. The molecule has 9 heteroatoms. The van der Waals surface area contributed by atoms with E-state index in [2.05, 4.69) is 25.7 Å². The molecular formula is C11H22N6O3. The van der Waals surface area contributed by atoms with E-state index in [1.54, 1.807) is 7.11 Å². The molecule has 0 aliphatic carbocycles. The summed E-state index contributed by atoms with van der Waals surface area (Å²) in [6, 6.07) is 0.0514. The Morgan fingerprint density at radius 3 is 2.50 bits per heavy atom. The Morgan fingerprint density at radius 1 is 1.25 bits per heavy atom. The minimum Gasteiger partial charge on any atom is -0.461 e. The number of methoxy groups -OCH3 is 1. The second kappa shape index (κ2) is 8.46. The molecule has 0 amide bonds. The van der Waals surface area contributed by atoms with Gasteiger partial charge in [0.2, 0.25) is 11.9 Å². The molecule has 0 aliphatic heterocycles. The second-order valence-electron chi connectivity index (χ2n) is 4.39. The standard InChI is InChI=1S/C11H22N6O3/c1-7(2)20-11-15-9(14-10(16-11)17-12)13-8(4-5-18)6-19-3/h7-8,18H,4-6,12H2,1-3H3,(H2,13,14,15,16,17). The van der Waals surface area contributed by atoms with Crippen LogP contribution in [0.3, 0.4) is 0 Å². The van der Waals surface area contributed by atoms with Crippen molar-refractivity contribution in [2.45, 2.75) is 32.4 Å². The lowest BCUT2D eigenvalue weighted by molar-refractivity contribution is 0.169. The van der Waals surface area contributed by atoms with Gasteiger partial charge >= 0.3 is 6.01 Å². The van der Waals surface area contributed by atoms with Crippen molar-refractivity contribution in [2.75, 3.05) is 31.1 Å². The predicted molar refractivity (Wildman–Crippen MR) is 74.4 cm³/mol. The molecule has 1 unspecified atom stereocenters. The normalized spacial score (nSPS) is 12.3. The Bertz CT molecular complexity index is 398. The number of rotatable bonds is 9. The van der Waals surface area contributed by atoms with Gasteiger partial charge in [-0.2, -0.15) is 15.0 Å². The lowest BCUT2D eigenvalue weighted by Crippen LogP contribution is -2.28. The maximum absolute atomic E-state index is 9.01. The molecule has 0 aromatic carbocycles. The van der Waals surface area contributed by atoms with Crippen LogP contribution in [-0.4, -0.2) is 52.5 Å². The number of nitrogens with one attached hydrogen (secondary N) is 2. The molecule has 0 fully saturated rings. The Balaban J connectivity index is 2.85. The molecule has 0 saturated heterocycles. The number of ether oxygens (including phenoxy) is 2. The number of aliphatic hydroxyl groups is 1. The lowest BCUT2D eigenvalue weighted by atomic mass is 10.2. The third kappa shape index (κ3) is 5.51. The van der Waals surface area contributed by atoms with Crippen molar-refractivity contribution in [2.24, 2.45) is 5.84 Å². The van der Waals surface area contributed by atoms with Crippen LogP contribution in [0.1, 0.15) is 20.3 Å². The summed E-state index contributed by atoms with van der Waals surface area (Å²) in [7, 11) is 1.58. The van der Waals surface area contributed by atoms with Gasteiger partial charge in [-0.15, -0.1) is 0 Å². The largest absolute Gasteiger partial charge is 0.461 e. The van der Waals surface area contributed by atoms with E-state index in [4.69, 9.17) is 20.4 Å². The number of aromatic nitrogens is 3. The van der Waals surface area contributed by atoms with Crippen LogP contribution < -0.4 is 21.3 Å². The van der Waals surface area contributed by atoms with Crippen molar-refractivity contribution >= 4 is 11.9 Å². The highest BCUT2D eigenvalue weighted by Crippen LogP contribution is 2.13. The molecule has 0 bridgehead atoms. The summed E-state index contributed by atoms with van der Waals surface area (Å²) in [5.41, 5.74) is 2.36. The number of nitrogens with two attached hydrogens (primary N) is 1. The molecule has 0 radical (unpaired) electrons. The van der Waals surface area contributed by atoms with Crippen LogP contribution in [0.4, 0.5) is 11.9 Å². The van der Waals surface area contributed by atoms with Gasteiger partial charge in [-0.05, 0) is 20.3 Å². The summed E-state index contributed by atoms with van der Waals surface area (Å²) >= 11 is 0. The number of hydrogen-bond acceptors (Lipinski definition) is 9. The van der Waals surface area contributed by atoms with Crippen LogP contribution in [-0.2, 0) is 4.74 Å². The van der Waals surface area contributed by atoms with Crippen LogP contribution >= 0.6 is 0 Å². The Morgan fingerprint density at radius 2 is 1.95 bits per heavy atom. The first kappa shape index (κ1) is 16.3. The average Bonchev–Trinajstić information content (AvgIpc) is 2.38. The molecule has 1 atom stereocenters. The number of anilines is 2. The van der Waals surface area contributed by atoms with Crippen LogP contribution in [0.2, 0.25) is 0 Å². The molecule has 0 saturated carbocycles. The summed E-state index contributed by atoms with van der Waals surface area (Å²) < 4.78 is 10.5. The highest BCUT2D eigenvalue weighted by atomic mass is 16.5. The lowest BCUT2D eigenvalue weighted by Gasteiger charge is -2.17. The van der Waals surface area contributed by atoms with Gasteiger partial charge in [0.05, 0.1) is 18.8 Å². The predicted octanol–water partition coefficient (Wildman–Crippen LogP) is -0.246. The van der Waals surface area contributed by atoms with E-state index in [1.165, 1.54) is 0 Å². The fourth-order valence-corrected chi connectivity index (χ4v) is 1.49. The fraction of sp³-hybridized carbons (Fsp3) is 0.727. The molecule has 9 nitrogen and oxygen atoms in total. The molecule has 1 aromatic heterocycles. The first-order chi connectivity index (χ1) is 9.58.